The van der Waals surface area contributed by atoms with E-state index in [2.05, 4.69) is 15.5 Å². The molecule has 0 aliphatic heterocycles. The van der Waals surface area contributed by atoms with E-state index in [9.17, 15) is 14.0 Å². The van der Waals surface area contributed by atoms with Gasteiger partial charge in [-0.3, -0.25) is 9.59 Å². The Morgan fingerprint density at radius 1 is 1.10 bits per heavy atom. The van der Waals surface area contributed by atoms with E-state index in [1.54, 1.807) is 6.07 Å². The van der Waals surface area contributed by atoms with Gasteiger partial charge in [0.15, 0.2) is 0 Å². The highest BCUT2D eigenvalue weighted by Gasteiger charge is 2.13. The molecule has 0 aliphatic rings. The summed E-state index contributed by atoms with van der Waals surface area (Å²) in [4.78, 5) is 28.8. The molecule has 0 spiro atoms. The number of anilines is 1. The zero-order valence-electron chi connectivity index (χ0n) is 16.0. The Morgan fingerprint density at radius 2 is 1.90 bits per heavy atom. The number of halogens is 1. The number of pyridine rings is 1. The van der Waals surface area contributed by atoms with Crippen LogP contribution in [0.15, 0.2) is 76.2 Å². The predicted octanol–water partition coefficient (Wildman–Crippen LogP) is 3.65. The fraction of sp³-hybridized carbons (Fsp3) is 0.0909. The van der Waals surface area contributed by atoms with E-state index in [1.807, 2.05) is 31.2 Å². The molecule has 0 bridgehead atoms. The molecule has 0 saturated heterocycles. The van der Waals surface area contributed by atoms with Crippen molar-refractivity contribution in [2.24, 2.45) is 0 Å². The van der Waals surface area contributed by atoms with Crippen LogP contribution in [-0.2, 0) is 11.3 Å². The van der Waals surface area contributed by atoms with Crippen LogP contribution in [0.4, 0.5) is 10.1 Å². The summed E-state index contributed by atoms with van der Waals surface area (Å²) in [6.45, 7) is 1.75. The number of benzene rings is 2. The molecule has 150 valence electrons. The van der Waals surface area contributed by atoms with Crippen LogP contribution < -0.4 is 10.9 Å². The number of carbonyl (C=O) groups excluding carboxylic acids is 1. The Morgan fingerprint density at radius 3 is 2.67 bits per heavy atom. The summed E-state index contributed by atoms with van der Waals surface area (Å²) in [6.07, 6.45) is 1.49. The number of aryl methyl sites for hydroxylation is 1. The topological polar surface area (TPSA) is 90.0 Å². The first-order valence-corrected chi connectivity index (χ1v) is 9.15. The van der Waals surface area contributed by atoms with Crippen LogP contribution in [-0.4, -0.2) is 20.6 Å². The number of carbonyl (C=O) groups is 1. The zero-order valence-corrected chi connectivity index (χ0v) is 16.0. The van der Waals surface area contributed by atoms with E-state index in [4.69, 9.17) is 4.52 Å². The van der Waals surface area contributed by atoms with Gasteiger partial charge in [-0.05, 0) is 43.3 Å². The van der Waals surface area contributed by atoms with Gasteiger partial charge in [-0.15, -0.1) is 0 Å². The maximum absolute atomic E-state index is 13.0. The lowest BCUT2D eigenvalue weighted by molar-refractivity contribution is -0.116. The molecule has 2 aromatic heterocycles. The average molecular weight is 404 g/mol. The van der Waals surface area contributed by atoms with E-state index in [1.165, 1.54) is 41.1 Å². The smallest absolute Gasteiger partial charge is 0.259 e. The molecule has 4 rings (SSSR count). The highest BCUT2D eigenvalue weighted by Crippen LogP contribution is 2.22. The Kier molecular flexibility index (Phi) is 5.21. The van der Waals surface area contributed by atoms with Crippen molar-refractivity contribution in [3.05, 3.63) is 88.6 Å². The molecular formula is C22H17FN4O3. The zero-order chi connectivity index (χ0) is 21.1. The van der Waals surface area contributed by atoms with Crippen molar-refractivity contribution in [2.75, 3.05) is 5.32 Å². The van der Waals surface area contributed by atoms with Crippen LogP contribution in [0.3, 0.4) is 0 Å². The molecule has 7 nitrogen and oxygen atoms in total. The lowest BCUT2D eigenvalue weighted by atomic mass is 10.1. The fourth-order valence-corrected chi connectivity index (χ4v) is 2.91. The van der Waals surface area contributed by atoms with Gasteiger partial charge >= 0.3 is 0 Å². The average Bonchev–Trinajstić information content (AvgIpc) is 3.22. The Labute approximate surface area is 170 Å². The third kappa shape index (κ3) is 4.33. The molecule has 2 heterocycles. The maximum Gasteiger partial charge on any atom is 0.259 e. The third-order valence-electron chi connectivity index (χ3n) is 4.37. The van der Waals surface area contributed by atoms with Crippen LogP contribution >= 0.6 is 0 Å². The van der Waals surface area contributed by atoms with Crippen LogP contribution in [0.2, 0.25) is 0 Å². The van der Waals surface area contributed by atoms with Crippen LogP contribution in [0, 0.1) is 12.7 Å². The van der Waals surface area contributed by atoms with E-state index in [0.29, 0.717) is 17.1 Å². The molecule has 0 aliphatic carbocycles. The first-order valence-electron chi connectivity index (χ1n) is 9.15. The molecular weight excluding hydrogens is 387 g/mol. The summed E-state index contributed by atoms with van der Waals surface area (Å²) < 4.78 is 19.6. The Balaban J connectivity index is 1.54. The van der Waals surface area contributed by atoms with Gasteiger partial charge in [0.25, 0.3) is 11.4 Å². The first-order chi connectivity index (χ1) is 14.5. The number of nitrogens with one attached hydrogen (secondary N) is 1. The summed E-state index contributed by atoms with van der Waals surface area (Å²) in [7, 11) is 0. The van der Waals surface area contributed by atoms with Gasteiger partial charge in [-0.1, -0.05) is 28.9 Å². The van der Waals surface area contributed by atoms with Gasteiger partial charge in [0, 0.05) is 23.5 Å². The van der Waals surface area contributed by atoms with Gasteiger partial charge < -0.3 is 14.4 Å². The SMILES string of the molecule is Cc1cccc(-c2noc(-c3ccc(=O)n(CC(=O)Nc4ccc(F)cc4)c3)n2)c1. The minimum absolute atomic E-state index is 0.219. The number of hydrogen-bond acceptors (Lipinski definition) is 5. The Bertz CT molecular complexity index is 1260. The van der Waals surface area contributed by atoms with Gasteiger partial charge in [0.05, 0.1) is 5.56 Å². The summed E-state index contributed by atoms with van der Waals surface area (Å²) >= 11 is 0. The highest BCUT2D eigenvalue weighted by molar-refractivity contribution is 5.90. The third-order valence-corrected chi connectivity index (χ3v) is 4.37. The summed E-state index contributed by atoms with van der Waals surface area (Å²) in [5.41, 5.74) is 2.48. The van der Waals surface area contributed by atoms with Crippen LogP contribution in [0.1, 0.15) is 5.56 Å². The van der Waals surface area contributed by atoms with Crippen LogP contribution in [0.25, 0.3) is 22.8 Å². The molecule has 0 radical (unpaired) electrons. The molecule has 30 heavy (non-hydrogen) atoms. The standard InChI is InChI=1S/C22H17FN4O3/c1-14-3-2-4-15(11-14)21-25-22(30-26-21)16-5-10-20(29)27(12-16)13-19(28)24-18-8-6-17(23)7-9-18/h2-12H,13H2,1H3,(H,24,28). The molecule has 8 heteroatoms. The predicted molar refractivity (Wildman–Crippen MR) is 109 cm³/mol. The second kappa shape index (κ2) is 8.12. The van der Waals surface area contributed by atoms with Crippen molar-refractivity contribution in [3.63, 3.8) is 0 Å². The van der Waals surface area contributed by atoms with E-state index in [0.717, 1.165) is 11.1 Å². The normalized spacial score (nSPS) is 10.7. The molecule has 4 aromatic rings. The monoisotopic (exact) mass is 404 g/mol. The molecule has 1 N–H and O–H groups in total. The Hall–Kier alpha value is -4.07. The van der Waals surface area contributed by atoms with Gasteiger partial charge in [0.1, 0.15) is 12.4 Å². The fourth-order valence-electron chi connectivity index (χ4n) is 2.91. The second-order valence-electron chi connectivity index (χ2n) is 6.73. The molecule has 0 fully saturated rings. The summed E-state index contributed by atoms with van der Waals surface area (Å²) in [5, 5.41) is 6.61. The number of aromatic nitrogens is 3. The van der Waals surface area contributed by atoms with Crippen molar-refractivity contribution in [1.29, 1.82) is 0 Å². The molecule has 0 atom stereocenters. The van der Waals surface area contributed by atoms with Crippen molar-refractivity contribution in [3.8, 4) is 22.8 Å². The largest absolute Gasteiger partial charge is 0.334 e. The van der Waals surface area contributed by atoms with Crippen LogP contribution in [0.5, 0.6) is 0 Å². The van der Waals surface area contributed by atoms with E-state index >= 15 is 0 Å². The van der Waals surface area contributed by atoms with E-state index in [-0.39, 0.29) is 18.0 Å². The molecule has 1 amide bonds. The van der Waals surface area contributed by atoms with Crippen molar-refractivity contribution in [1.82, 2.24) is 14.7 Å². The van der Waals surface area contributed by atoms with Gasteiger partial charge in [-0.25, -0.2) is 4.39 Å². The molecule has 2 aromatic carbocycles. The minimum atomic E-state index is -0.424. The number of rotatable bonds is 5. The highest BCUT2D eigenvalue weighted by atomic mass is 19.1. The van der Waals surface area contributed by atoms with Gasteiger partial charge in [0.2, 0.25) is 11.7 Å². The summed E-state index contributed by atoms with van der Waals surface area (Å²) in [6, 6.07) is 15.9. The lowest BCUT2D eigenvalue weighted by Crippen LogP contribution is -2.26. The molecule has 0 unspecified atom stereocenters. The van der Waals surface area contributed by atoms with Crippen molar-refractivity contribution < 1.29 is 13.7 Å². The number of hydrogen-bond donors (Lipinski definition) is 1. The van der Waals surface area contributed by atoms with Gasteiger partial charge in [-0.2, -0.15) is 4.98 Å². The minimum Gasteiger partial charge on any atom is -0.334 e. The number of amides is 1. The van der Waals surface area contributed by atoms with E-state index < -0.39 is 11.7 Å². The quantitative estimate of drug-likeness (QED) is 0.548. The van der Waals surface area contributed by atoms with Crippen molar-refractivity contribution >= 4 is 11.6 Å². The summed E-state index contributed by atoms with van der Waals surface area (Å²) in [5.74, 6) is -0.159. The molecule has 0 saturated carbocycles. The number of nitrogens with zero attached hydrogens (tertiary/aromatic N) is 3. The van der Waals surface area contributed by atoms with Crippen molar-refractivity contribution in [2.45, 2.75) is 13.5 Å². The maximum atomic E-state index is 13.0. The lowest BCUT2D eigenvalue weighted by Gasteiger charge is -2.08. The second-order valence-corrected chi connectivity index (χ2v) is 6.73. The first kappa shape index (κ1) is 19.3.